The Bertz CT molecular complexity index is 939. The van der Waals surface area contributed by atoms with E-state index in [0.717, 1.165) is 29.9 Å². The fraction of sp³-hybridized carbons (Fsp3) is 0.517. The minimum absolute atomic E-state index is 0.161. The van der Waals surface area contributed by atoms with E-state index >= 15 is 0 Å². The summed E-state index contributed by atoms with van der Waals surface area (Å²) in [5.74, 6) is 1.15. The number of oxazole rings is 1. The molecule has 1 aromatic heterocycles. The number of hydrogen-bond donors (Lipinski definition) is 0. The molecule has 2 aromatic rings. The molecule has 0 bridgehead atoms. The molecule has 5 heteroatoms. The molecule has 0 amide bonds. The van der Waals surface area contributed by atoms with Crippen molar-refractivity contribution in [2.75, 3.05) is 20.3 Å². The maximum atomic E-state index is 11.8. The summed E-state index contributed by atoms with van der Waals surface area (Å²) in [6, 6.07) is 8.16. The molecule has 0 fully saturated rings. The first-order valence-corrected chi connectivity index (χ1v) is 12.5. The Hall–Kier alpha value is -2.66. The second kappa shape index (κ2) is 16.0. The molecule has 1 atom stereocenters. The molecule has 0 spiro atoms. The average Bonchev–Trinajstić information content (AvgIpc) is 3.22. The SMILES string of the molecule is CC.CC/C=C(C[C@H](C)C(=O)OC)\C(=C/COCCc1nc(-c2cccc(C)c2)oc1C)CC. The largest absolute Gasteiger partial charge is 0.469 e. The number of carbonyl (C=O) groups is 1. The van der Waals surface area contributed by atoms with E-state index in [4.69, 9.17) is 13.9 Å². The highest BCUT2D eigenvalue weighted by atomic mass is 16.5. The summed E-state index contributed by atoms with van der Waals surface area (Å²) in [4.78, 5) is 16.5. The van der Waals surface area contributed by atoms with Crippen LogP contribution in [0.25, 0.3) is 11.5 Å². The van der Waals surface area contributed by atoms with Gasteiger partial charge in [0.05, 0.1) is 31.9 Å². The summed E-state index contributed by atoms with van der Waals surface area (Å²) in [5, 5.41) is 0. The van der Waals surface area contributed by atoms with Gasteiger partial charge in [-0.05, 0) is 56.4 Å². The summed E-state index contributed by atoms with van der Waals surface area (Å²) in [6.45, 7) is 15.2. The number of carbonyl (C=O) groups excluding carboxylic acids is 1. The highest BCUT2D eigenvalue weighted by Crippen LogP contribution is 2.24. The van der Waals surface area contributed by atoms with Crippen molar-refractivity contribution >= 4 is 5.97 Å². The van der Waals surface area contributed by atoms with E-state index in [9.17, 15) is 4.79 Å². The number of allylic oxidation sites excluding steroid dienone is 3. The molecular formula is C29H43NO4. The maximum Gasteiger partial charge on any atom is 0.308 e. The first-order valence-electron chi connectivity index (χ1n) is 12.5. The summed E-state index contributed by atoms with van der Waals surface area (Å²) in [7, 11) is 1.44. The van der Waals surface area contributed by atoms with Crippen LogP contribution in [0.4, 0.5) is 0 Å². The maximum absolute atomic E-state index is 11.8. The van der Waals surface area contributed by atoms with Gasteiger partial charge >= 0.3 is 5.97 Å². The summed E-state index contributed by atoms with van der Waals surface area (Å²) in [5.41, 5.74) is 5.53. The van der Waals surface area contributed by atoms with Gasteiger partial charge in [-0.25, -0.2) is 4.98 Å². The molecule has 188 valence electrons. The molecule has 0 aliphatic heterocycles. The van der Waals surface area contributed by atoms with Crippen LogP contribution in [0.15, 0.2) is 52.0 Å². The molecule has 0 aliphatic carbocycles. The number of esters is 1. The smallest absolute Gasteiger partial charge is 0.308 e. The Morgan fingerprint density at radius 1 is 1.15 bits per heavy atom. The van der Waals surface area contributed by atoms with Gasteiger partial charge in [-0.3, -0.25) is 4.79 Å². The van der Waals surface area contributed by atoms with Gasteiger partial charge in [0.15, 0.2) is 0 Å². The second-order valence-corrected chi connectivity index (χ2v) is 8.07. The Balaban J connectivity index is 0.00000281. The number of benzene rings is 1. The zero-order valence-corrected chi connectivity index (χ0v) is 22.4. The van der Waals surface area contributed by atoms with E-state index in [2.05, 4.69) is 50.0 Å². The highest BCUT2D eigenvalue weighted by molar-refractivity contribution is 5.72. The fourth-order valence-electron chi connectivity index (χ4n) is 3.68. The van der Waals surface area contributed by atoms with Gasteiger partial charge in [0.1, 0.15) is 5.76 Å². The van der Waals surface area contributed by atoms with Crippen LogP contribution in [-0.2, 0) is 20.7 Å². The molecule has 0 saturated carbocycles. The molecular weight excluding hydrogens is 426 g/mol. The Morgan fingerprint density at radius 2 is 1.88 bits per heavy atom. The van der Waals surface area contributed by atoms with Crippen molar-refractivity contribution in [3.63, 3.8) is 0 Å². The average molecular weight is 470 g/mol. The van der Waals surface area contributed by atoms with E-state index < -0.39 is 0 Å². The lowest BCUT2D eigenvalue weighted by Gasteiger charge is -2.15. The molecule has 1 aromatic carbocycles. The Morgan fingerprint density at radius 3 is 2.50 bits per heavy atom. The third kappa shape index (κ3) is 9.30. The summed E-state index contributed by atoms with van der Waals surface area (Å²) < 4.78 is 16.6. The molecule has 0 saturated heterocycles. The number of aromatic nitrogens is 1. The summed E-state index contributed by atoms with van der Waals surface area (Å²) >= 11 is 0. The normalized spacial score (nSPS) is 12.7. The first-order chi connectivity index (χ1) is 16.4. The van der Waals surface area contributed by atoms with Crippen LogP contribution in [0.5, 0.6) is 0 Å². The molecule has 1 heterocycles. The molecule has 2 rings (SSSR count). The molecule has 0 radical (unpaired) electrons. The lowest BCUT2D eigenvalue weighted by molar-refractivity contribution is -0.144. The fourth-order valence-corrected chi connectivity index (χ4v) is 3.68. The van der Waals surface area contributed by atoms with Crippen LogP contribution in [0, 0.1) is 19.8 Å². The second-order valence-electron chi connectivity index (χ2n) is 8.07. The van der Waals surface area contributed by atoms with Crippen LogP contribution in [0.2, 0.25) is 0 Å². The standard InChI is InChI=1S/C27H37NO4.C2H6/c1-7-10-23(18-20(4)27(29)30-6)22(8-2)13-15-31-16-14-25-21(5)32-26(28-25)24-12-9-11-19(3)17-24;1-2/h9-13,17,20H,7-8,14-16,18H2,1-6H3;1-2H3/b22-13-,23-10-;/t20-;/m0./s1. The van der Waals surface area contributed by atoms with Gasteiger partial charge in [-0.2, -0.15) is 0 Å². The minimum atomic E-state index is -0.174. The minimum Gasteiger partial charge on any atom is -0.469 e. The van der Waals surface area contributed by atoms with E-state index in [0.29, 0.717) is 31.9 Å². The van der Waals surface area contributed by atoms with Crippen LogP contribution >= 0.6 is 0 Å². The number of ether oxygens (including phenoxy) is 2. The zero-order valence-electron chi connectivity index (χ0n) is 22.4. The number of aryl methyl sites for hydroxylation is 2. The van der Waals surface area contributed by atoms with Crippen molar-refractivity contribution in [1.29, 1.82) is 0 Å². The van der Waals surface area contributed by atoms with E-state index in [-0.39, 0.29) is 11.9 Å². The lowest BCUT2D eigenvalue weighted by atomic mass is 9.92. The summed E-state index contributed by atoms with van der Waals surface area (Å²) in [6.07, 6.45) is 7.52. The van der Waals surface area contributed by atoms with Crippen LogP contribution < -0.4 is 0 Å². The van der Waals surface area contributed by atoms with E-state index in [1.807, 2.05) is 39.8 Å². The lowest BCUT2D eigenvalue weighted by Crippen LogP contribution is -2.14. The van der Waals surface area contributed by atoms with Crippen molar-refractivity contribution in [3.05, 3.63) is 64.6 Å². The van der Waals surface area contributed by atoms with Gasteiger partial charge < -0.3 is 13.9 Å². The number of hydrogen-bond acceptors (Lipinski definition) is 5. The van der Waals surface area contributed by atoms with Gasteiger partial charge in [0, 0.05) is 12.0 Å². The zero-order chi connectivity index (χ0) is 25.5. The Kier molecular flexibility index (Phi) is 13.9. The van der Waals surface area contributed by atoms with Gasteiger partial charge in [-0.1, -0.05) is 64.5 Å². The van der Waals surface area contributed by atoms with Gasteiger partial charge in [0.25, 0.3) is 0 Å². The molecule has 0 aliphatic rings. The van der Waals surface area contributed by atoms with E-state index in [1.54, 1.807) is 0 Å². The predicted octanol–water partition coefficient (Wildman–Crippen LogP) is 7.42. The topological polar surface area (TPSA) is 61.6 Å². The van der Waals surface area contributed by atoms with Crippen molar-refractivity contribution in [1.82, 2.24) is 4.98 Å². The van der Waals surface area contributed by atoms with Crippen molar-refractivity contribution in [2.24, 2.45) is 5.92 Å². The number of nitrogens with zero attached hydrogens (tertiary/aromatic N) is 1. The van der Waals surface area contributed by atoms with Gasteiger partial charge in [0.2, 0.25) is 5.89 Å². The van der Waals surface area contributed by atoms with Crippen molar-refractivity contribution in [3.8, 4) is 11.5 Å². The molecule has 5 nitrogen and oxygen atoms in total. The van der Waals surface area contributed by atoms with Gasteiger partial charge in [-0.15, -0.1) is 0 Å². The molecule has 34 heavy (non-hydrogen) atoms. The number of rotatable bonds is 12. The molecule has 0 unspecified atom stereocenters. The third-order valence-electron chi connectivity index (χ3n) is 5.46. The van der Waals surface area contributed by atoms with Crippen LogP contribution in [0.3, 0.4) is 0 Å². The van der Waals surface area contributed by atoms with Crippen LogP contribution in [-0.4, -0.2) is 31.3 Å². The predicted molar refractivity (Wildman–Crippen MR) is 140 cm³/mol. The molecule has 0 N–H and O–H groups in total. The van der Waals surface area contributed by atoms with E-state index in [1.165, 1.54) is 23.8 Å². The first kappa shape index (κ1) is 29.4. The Labute approximate surface area is 206 Å². The van der Waals surface area contributed by atoms with Crippen LogP contribution in [0.1, 0.15) is 70.9 Å². The van der Waals surface area contributed by atoms with Crippen molar-refractivity contribution in [2.45, 2.75) is 74.1 Å². The van der Waals surface area contributed by atoms with Crippen molar-refractivity contribution < 1.29 is 18.7 Å². The number of methoxy groups -OCH3 is 1. The monoisotopic (exact) mass is 469 g/mol. The quantitative estimate of drug-likeness (QED) is 0.184. The third-order valence-corrected chi connectivity index (χ3v) is 5.46. The highest BCUT2D eigenvalue weighted by Gasteiger charge is 2.16.